The lowest BCUT2D eigenvalue weighted by atomic mass is 10.0. The molecule has 0 bridgehead atoms. The Bertz CT molecular complexity index is 1210. The van der Waals surface area contributed by atoms with Crippen LogP contribution >= 0.6 is 0 Å². The third-order valence-corrected chi connectivity index (χ3v) is 4.99. The zero-order valence-electron chi connectivity index (χ0n) is 18.8. The molecule has 0 spiro atoms. The highest BCUT2D eigenvalue weighted by Crippen LogP contribution is 2.28. The lowest BCUT2D eigenvalue weighted by Gasteiger charge is -2.27. The minimum absolute atomic E-state index is 0.138. The molecule has 3 heterocycles. The van der Waals surface area contributed by atoms with Crippen molar-refractivity contribution in [3.05, 3.63) is 42.0 Å². The van der Waals surface area contributed by atoms with E-state index >= 15 is 0 Å². The van der Waals surface area contributed by atoms with E-state index in [1.165, 1.54) is 37.0 Å². The van der Waals surface area contributed by atoms with Gasteiger partial charge in [-0.05, 0) is 33.8 Å². The van der Waals surface area contributed by atoms with Gasteiger partial charge in [0.15, 0.2) is 5.65 Å². The molecule has 0 saturated carbocycles. The molecule has 0 aliphatic heterocycles. The Morgan fingerprint density at radius 2 is 2.00 bits per heavy atom. The standard InChI is InChI=1S/C22H26FN7O3/c1-21(2,12-31)29-17-5-16(14-9-28-30-11-13(6-24)7-26-19(14)30)25-8-15(17)20(32)27-10-18(23)22(3,4)33/h5,7-9,11,18,31,33H,10,12H2,1-4H3,(H,25,29)(H,27,32)/t18-/m1/s1. The van der Waals surface area contributed by atoms with Crippen molar-refractivity contribution in [2.24, 2.45) is 0 Å². The molecule has 3 aromatic rings. The van der Waals surface area contributed by atoms with Crippen LogP contribution in [0, 0.1) is 11.3 Å². The number of hydrogen-bond acceptors (Lipinski definition) is 8. The summed E-state index contributed by atoms with van der Waals surface area (Å²) >= 11 is 0. The molecule has 0 radical (unpaired) electrons. The van der Waals surface area contributed by atoms with Crippen molar-refractivity contribution in [1.82, 2.24) is 24.9 Å². The molecule has 1 amide bonds. The van der Waals surface area contributed by atoms with E-state index < -0.39 is 23.2 Å². The Kier molecular flexibility index (Phi) is 6.62. The number of nitrogens with zero attached hydrogens (tertiary/aromatic N) is 5. The molecule has 0 aromatic carbocycles. The highest BCUT2D eigenvalue weighted by molar-refractivity contribution is 6.00. The summed E-state index contributed by atoms with van der Waals surface area (Å²) in [4.78, 5) is 21.4. The lowest BCUT2D eigenvalue weighted by molar-refractivity contribution is -0.00177. The fraction of sp³-hybridized carbons (Fsp3) is 0.409. The monoisotopic (exact) mass is 455 g/mol. The summed E-state index contributed by atoms with van der Waals surface area (Å²) in [6.07, 6.45) is 4.18. The summed E-state index contributed by atoms with van der Waals surface area (Å²) in [7, 11) is 0. The molecule has 0 aliphatic rings. The number of hydrogen-bond donors (Lipinski definition) is 4. The second-order valence-corrected chi connectivity index (χ2v) is 8.89. The van der Waals surface area contributed by atoms with Crippen LogP contribution in [0.25, 0.3) is 16.9 Å². The molecule has 0 unspecified atom stereocenters. The molecule has 11 heteroatoms. The van der Waals surface area contributed by atoms with Crippen LogP contribution in [-0.2, 0) is 0 Å². The van der Waals surface area contributed by atoms with Gasteiger partial charge >= 0.3 is 0 Å². The summed E-state index contributed by atoms with van der Waals surface area (Å²) in [5, 5.41) is 38.3. The van der Waals surface area contributed by atoms with Gasteiger partial charge in [-0.3, -0.25) is 9.78 Å². The quantitative estimate of drug-likeness (QED) is 0.401. The van der Waals surface area contributed by atoms with Crippen molar-refractivity contribution in [3.8, 4) is 17.3 Å². The largest absolute Gasteiger partial charge is 0.394 e. The Labute approximate surface area is 190 Å². The van der Waals surface area contributed by atoms with E-state index in [0.717, 1.165) is 0 Å². The van der Waals surface area contributed by atoms with E-state index in [1.54, 1.807) is 26.1 Å². The van der Waals surface area contributed by atoms with Gasteiger partial charge in [-0.25, -0.2) is 13.9 Å². The van der Waals surface area contributed by atoms with E-state index in [-0.39, 0.29) is 18.7 Å². The van der Waals surface area contributed by atoms with E-state index in [2.05, 4.69) is 25.7 Å². The van der Waals surface area contributed by atoms with Crippen molar-refractivity contribution in [3.63, 3.8) is 0 Å². The molecule has 10 nitrogen and oxygen atoms in total. The fourth-order valence-corrected chi connectivity index (χ4v) is 2.93. The molecule has 4 N–H and O–H groups in total. The highest BCUT2D eigenvalue weighted by Gasteiger charge is 2.28. The van der Waals surface area contributed by atoms with Gasteiger partial charge in [0.25, 0.3) is 5.91 Å². The number of nitriles is 1. The van der Waals surface area contributed by atoms with Crippen LogP contribution in [0.3, 0.4) is 0 Å². The van der Waals surface area contributed by atoms with Crippen LogP contribution in [0.1, 0.15) is 43.6 Å². The van der Waals surface area contributed by atoms with Crippen molar-refractivity contribution in [1.29, 1.82) is 5.26 Å². The second-order valence-electron chi connectivity index (χ2n) is 8.89. The molecule has 0 aliphatic carbocycles. The van der Waals surface area contributed by atoms with Gasteiger partial charge in [0.2, 0.25) is 0 Å². The SMILES string of the molecule is CC(C)(CO)Nc1cc(-c2cnn3cc(C#N)cnc23)ncc1C(=O)NC[C@@H](F)C(C)(C)O. The Hall–Kier alpha value is -3.62. The number of alkyl halides is 1. The summed E-state index contributed by atoms with van der Waals surface area (Å²) in [6, 6.07) is 3.62. The number of amides is 1. The number of aliphatic hydroxyl groups excluding tert-OH is 1. The number of anilines is 1. The summed E-state index contributed by atoms with van der Waals surface area (Å²) in [5.41, 5.74) is -0.0284. The molecule has 33 heavy (non-hydrogen) atoms. The van der Waals surface area contributed by atoms with Gasteiger partial charge in [-0.15, -0.1) is 0 Å². The van der Waals surface area contributed by atoms with Crippen molar-refractivity contribution in [2.75, 3.05) is 18.5 Å². The fourth-order valence-electron chi connectivity index (χ4n) is 2.93. The topological polar surface area (TPSA) is 148 Å². The average Bonchev–Trinajstić information content (AvgIpc) is 3.19. The number of rotatable bonds is 8. The number of aromatic nitrogens is 4. The first kappa shape index (κ1) is 24.0. The number of carbonyl (C=O) groups excluding carboxylic acids is 1. The molecule has 3 rings (SSSR count). The first-order valence-corrected chi connectivity index (χ1v) is 10.2. The van der Waals surface area contributed by atoms with Gasteiger partial charge in [0.1, 0.15) is 12.2 Å². The van der Waals surface area contributed by atoms with Crippen LogP contribution < -0.4 is 10.6 Å². The van der Waals surface area contributed by atoms with Crippen molar-refractivity contribution >= 4 is 17.2 Å². The molecular weight excluding hydrogens is 429 g/mol. The van der Waals surface area contributed by atoms with Gasteiger partial charge in [-0.1, -0.05) is 0 Å². The summed E-state index contributed by atoms with van der Waals surface area (Å²) in [5.74, 6) is -0.589. The zero-order chi connectivity index (χ0) is 24.4. The van der Waals surface area contributed by atoms with E-state index in [9.17, 15) is 19.4 Å². The first-order valence-electron chi connectivity index (χ1n) is 10.2. The zero-order valence-corrected chi connectivity index (χ0v) is 18.8. The number of fused-ring (bicyclic) bond motifs is 1. The summed E-state index contributed by atoms with van der Waals surface area (Å²) in [6.45, 7) is 5.54. The Morgan fingerprint density at radius 3 is 2.64 bits per heavy atom. The predicted octanol–water partition coefficient (Wildman–Crippen LogP) is 1.68. The average molecular weight is 455 g/mol. The Balaban J connectivity index is 1.99. The minimum atomic E-state index is -1.66. The minimum Gasteiger partial charge on any atom is -0.394 e. The third-order valence-electron chi connectivity index (χ3n) is 4.99. The van der Waals surface area contributed by atoms with Crippen LogP contribution in [0.4, 0.5) is 10.1 Å². The van der Waals surface area contributed by atoms with Crippen LogP contribution in [-0.4, -0.2) is 66.2 Å². The first-order chi connectivity index (χ1) is 15.4. The third kappa shape index (κ3) is 5.42. The van der Waals surface area contributed by atoms with E-state index in [1.807, 2.05) is 6.07 Å². The Morgan fingerprint density at radius 1 is 1.27 bits per heavy atom. The molecule has 1 atom stereocenters. The lowest BCUT2D eigenvalue weighted by Crippen LogP contribution is -2.42. The van der Waals surface area contributed by atoms with Crippen LogP contribution in [0.2, 0.25) is 0 Å². The van der Waals surface area contributed by atoms with Crippen LogP contribution in [0.15, 0.2) is 30.9 Å². The molecule has 0 fully saturated rings. The molecule has 0 saturated heterocycles. The smallest absolute Gasteiger partial charge is 0.255 e. The maximum Gasteiger partial charge on any atom is 0.255 e. The van der Waals surface area contributed by atoms with Gasteiger partial charge < -0.3 is 20.8 Å². The van der Waals surface area contributed by atoms with Gasteiger partial charge in [-0.2, -0.15) is 10.4 Å². The number of halogens is 1. The molecular formula is C22H26FN7O3. The maximum absolute atomic E-state index is 14.1. The van der Waals surface area contributed by atoms with Gasteiger partial charge in [0, 0.05) is 12.4 Å². The van der Waals surface area contributed by atoms with Crippen LogP contribution in [0.5, 0.6) is 0 Å². The van der Waals surface area contributed by atoms with Gasteiger partial charge in [0.05, 0.1) is 64.8 Å². The summed E-state index contributed by atoms with van der Waals surface area (Å²) < 4.78 is 15.6. The molecule has 3 aromatic heterocycles. The molecule has 174 valence electrons. The maximum atomic E-state index is 14.1. The number of pyridine rings is 1. The highest BCUT2D eigenvalue weighted by atomic mass is 19.1. The number of carbonyl (C=O) groups is 1. The number of aliphatic hydroxyl groups is 2. The van der Waals surface area contributed by atoms with Crippen molar-refractivity contribution < 1.29 is 19.4 Å². The predicted molar refractivity (Wildman–Crippen MR) is 119 cm³/mol. The number of nitrogens with one attached hydrogen (secondary N) is 2. The van der Waals surface area contributed by atoms with E-state index in [0.29, 0.717) is 28.2 Å². The normalized spacial score (nSPS) is 12.9. The van der Waals surface area contributed by atoms with Crippen molar-refractivity contribution in [2.45, 2.75) is 45.0 Å². The second kappa shape index (κ2) is 9.09. The van der Waals surface area contributed by atoms with E-state index in [4.69, 9.17) is 5.26 Å².